The zero-order valence-corrected chi connectivity index (χ0v) is 18.2. The number of aromatic nitrogens is 1. The van der Waals surface area contributed by atoms with Crippen LogP contribution in [0.1, 0.15) is 25.7 Å². The molecule has 1 aliphatic rings. The third kappa shape index (κ3) is 7.04. The molecule has 166 valence electrons. The van der Waals surface area contributed by atoms with Crippen LogP contribution < -0.4 is 20.3 Å². The molecular formula is C21H26N4O5S. The lowest BCUT2D eigenvalue weighted by molar-refractivity contribution is -0.125. The van der Waals surface area contributed by atoms with E-state index in [4.69, 9.17) is 9.47 Å². The molecule has 31 heavy (non-hydrogen) atoms. The summed E-state index contributed by atoms with van der Waals surface area (Å²) in [7, 11) is 1.55. The van der Waals surface area contributed by atoms with Crippen molar-refractivity contribution in [2.45, 2.75) is 31.8 Å². The van der Waals surface area contributed by atoms with E-state index in [0.717, 1.165) is 12.8 Å². The number of benzene rings is 1. The number of ether oxygens (including phenoxy) is 2. The zero-order valence-electron chi connectivity index (χ0n) is 17.3. The fourth-order valence-corrected chi connectivity index (χ4v) is 3.69. The van der Waals surface area contributed by atoms with Gasteiger partial charge < -0.3 is 25.0 Å². The van der Waals surface area contributed by atoms with E-state index >= 15 is 0 Å². The second-order valence-electron chi connectivity index (χ2n) is 7.00. The highest BCUT2D eigenvalue weighted by Crippen LogP contribution is 2.20. The maximum absolute atomic E-state index is 12.9. The van der Waals surface area contributed by atoms with Crippen molar-refractivity contribution in [3.8, 4) is 5.75 Å². The quantitative estimate of drug-likeness (QED) is 0.579. The van der Waals surface area contributed by atoms with Gasteiger partial charge in [0.15, 0.2) is 5.13 Å². The van der Waals surface area contributed by atoms with Crippen LogP contribution in [0.25, 0.3) is 0 Å². The van der Waals surface area contributed by atoms with Crippen LogP contribution in [0.4, 0.5) is 10.8 Å². The van der Waals surface area contributed by atoms with E-state index < -0.39 is 0 Å². The first-order valence-electron chi connectivity index (χ1n) is 10.1. The monoisotopic (exact) mass is 446 g/mol. The van der Waals surface area contributed by atoms with Crippen LogP contribution in [0.2, 0.25) is 0 Å². The minimum atomic E-state index is -0.327. The Labute approximate surface area is 184 Å². The summed E-state index contributed by atoms with van der Waals surface area (Å²) in [5.41, 5.74) is 0.554. The highest BCUT2D eigenvalue weighted by molar-refractivity contribution is 7.13. The number of thiazole rings is 1. The molecule has 0 unspecified atom stereocenters. The maximum Gasteiger partial charge on any atom is 0.240 e. The summed E-state index contributed by atoms with van der Waals surface area (Å²) < 4.78 is 10.7. The van der Waals surface area contributed by atoms with Crippen LogP contribution in [-0.2, 0) is 19.1 Å². The molecule has 0 aliphatic carbocycles. The number of anilines is 2. The number of carbonyl (C=O) groups excluding carboxylic acids is 3. The van der Waals surface area contributed by atoms with Gasteiger partial charge in [-0.1, -0.05) is 0 Å². The largest absolute Gasteiger partial charge is 0.497 e. The van der Waals surface area contributed by atoms with Crippen molar-refractivity contribution in [3.05, 3.63) is 35.8 Å². The maximum atomic E-state index is 12.9. The van der Waals surface area contributed by atoms with E-state index in [9.17, 15) is 14.4 Å². The summed E-state index contributed by atoms with van der Waals surface area (Å²) in [5, 5.41) is 7.72. The van der Waals surface area contributed by atoms with Crippen molar-refractivity contribution < 1.29 is 23.9 Å². The molecule has 0 radical (unpaired) electrons. The predicted octanol–water partition coefficient (Wildman–Crippen LogP) is 2.20. The molecule has 9 nitrogen and oxygen atoms in total. The minimum Gasteiger partial charge on any atom is -0.497 e. The van der Waals surface area contributed by atoms with Crippen molar-refractivity contribution >= 4 is 39.9 Å². The van der Waals surface area contributed by atoms with Gasteiger partial charge in [0.05, 0.1) is 13.2 Å². The summed E-state index contributed by atoms with van der Waals surface area (Å²) in [4.78, 5) is 42.9. The second-order valence-corrected chi connectivity index (χ2v) is 7.90. The summed E-state index contributed by atoms with van der Waals surface area (Å²) in [6, 6.07) is 6.85. The number of hydrogen-bond acceptors (Lipinski definition) is 7. The van der Waals surface area contributed by atoms with Crippen LogP contribution in [0, 0.1) is 0 Å². The van der Waals surface area contributed by atoms with E-state index in [-0.39, 0.29) is 43.2 Å². The van der Waals surface area contributed by atoms with Crippen molar-refractivity contribution in [2.24, 2.45) is 0 Å². The van der Waals surface area contributed by atoms with E-state index in [1.807, 2.05) is 0 Å². The molecule has 1 aromatic carbocycles. The number of carbonyl (C=O) groups is 3. The summed E-state index contributed by atoms with van der Waals surface area (Å²) in [6.45, 7) is 0.978. The lowest BCUT2D eigenvalue weighted by Gasteiger charge is -2.23. The van der Waals surface area contributed by atoms with Gasteiger partial charge in [0, 0.05) is 43.3 Å². The molecule has 3 rings (SSSR count). The molecule has 1 fully saturated rings. The fourth-order valence-electron chi connectivity index (χ4n) is 3.14. The molecule has 2 heterocycles. The number of nitrogens with one attached hydrogen (secondary N) is 2. The molecule has 1 aromatic heterocycles. The highest BCUT2D eigenvalue weighted by Gasteiger charge is 2.22. The highest BCUT2D eigenvalue weighted by atomic mass is 32.1. The van der Waals surface area contributed by atoms with Gasteiger partial charge in [-0.2, -0.15) is 0 Å². The van der Waals surface area contributed by atoms with Crippen molar-refractivity contribution in [1.82, 2.24) is 10.3 Å². The summed E-state index contributed by atoms with van der Waals surface area (Å²) in [6.07, 6.45) is 3.45. The van der Waals surface area contributed by atoms with Gasteiger partial charge in [0.25, 0.3) is 0 Å². The first-order chi connectivity index (χ1) is 15.0. The number of amides is 3. The summed E-state index contributed by atoms with van der Waals surface area (Å²) in [5.74, 6) is -0.277. The molecular weight excluding hydrogens is 420 g/mol. The second kappa shape index (κ2) is 11.4. The lowest BCUT2D eigenvalue weighted by Crippen LogP contribution is -2.43. The van der Waals surface area contributed by atoms with Gasteiger partial charge in [0.2, 0.25) is 17.7 Å². The molecule has 2 aromatic rings. The van der Waals surface area contributed by atoms with E-state index in [0.29, 0.717) is 29.7 Å². The molecule has 1 saturated heterocycles. The van der Waals surface area contributed by atoms with E-state index in [1.165, 1.54) is 16.2 Å². The van der Waals surface area contributed by atoms with Gasteiger partial charge in [-0.15, -0.1) is 11.3 Å². The number of methoxy groups -OCH3 is 1. The Hall–Kier alpha value is -2.98. The molecule has 2 N–H and O–H groups in total. The molecule has 10 heteroatoms. The molecule has 0 bridgehead atoms. The van der Waals surface area contributed by atoms with Crippen LogP contribution >= 0.6 is 11.3 Å². The molecule has 1 aliphatic heterocycles. The molecule has 1 atom stereocenters. The molecule has 0 saturated carbocycles. The predicted molar refractivity (Wildman–Crippen MR) is 117 cm³/mol. The third-order valence-electron chi connectivity index (χ3n) is 4.78. The Morgan fingerprint density at radius 2 is 2.03 bits per heavy atom. The van der Waals surface area contributed by atoms with Gasteiger partial charge in [-0.25, -0.2) is 4.98 Å². The summed E-state index contributed by atoms with van der Waals surface area (Å²) >= 11 is 1.30. The lowest BCUT2D eigenvalue weighted by atomic mass is 10.2. The van der Waals surface area contributed by atoms with Crippen LogP contribution in [0.15, 0.2) is 35.8 Å². The van der Waals surface area contributed by atoms with Gasteiger partial charge >= 0.3 is 0 Å². The first kappa shape index (κ1) is 22.7. The van der Waals surface area contributed by atoms with E-state index in [1.54, 1.807) is 43.0 Å². The SMILES string of the molecule is COc1ccc(N(CC(=O)NC[C@H]2CCCO2)C(=O)CCC(=O)Nc2nccs2)cc1. The number of rotatable bonds is 10. The Kier molecular flexibility index (Phi) is 8.36. The first-order valence-corrected chi connectivity index (χ1v) is 10.9. The van der Waals surface area contributed by atoms with Crippen LogP contribution in [0.3, 0.4) is 0 Å². The standard InChI is InChI=1S/C21H26N4O5S/c1-29-16-6-4-15(5-7-16)25(14-19(27)23-13-17-3-2-11-30-17)20(28)9-8-18(26)24-21-22-10-12-31-21/h4-7,10,12,17H,2-3,8-9,11,13-14H2,1H3,(H,23,27)(H,22,24,26)/t17-/m1/s1. The van der Waals surface area contributed by atoms with Crippen molar-refractivity contribution in [1.29, 1.82) is 0 Å². The average molecular weight is 447 g/mol. The number of nitrogens with zero attached hydrogens (tertiary/aromatic N) is 2. The molecule has 3 amide bonds. The van der Waals surface area contributed by atoms with Crippen LogP contribution in [-0.4, -0.2) is 55.6 Å². The fraction of sp³-hybridized carbons (Fsp3) is 0.429. The zero-order chi connectivity index (χ0) is 22.1. The molecule has 0 spiro atoms. The van der Waals surface area contributed by atoms with E-state index in [2.05, 4.69) is 15.6 Å². The van der Waals surface area contributed by atoms with Crippen LogP contribution in [0.5, 0.6) is 5.75 Å². The van der Waals surface area contributed by atoms with Crippen molar-refractivity contribution in [2.75, 3.05) is 37.0 Å². The Balaban J connectivity index is 1.59. The Bertz CT molecular complexity index is 866. The normalized spacial score (nSPS) is 15.3. The van der Waals surface area contributed by atoms with Crippen molar-refractivity contribution in [3.63, 3.8) is 0 Å². The van der Waals surface area contributed by atoms with Gasteiger partial charge in [-0.05, 0) is 37.1 Å². The topological polar surface area (TPSA) is 110 Å². The van der Waals surface area contributed by atoms with Gasteiger partial charge in [0.1, 0.15) is 12.3 Å². The minimum absolute atomic E-state index is 0.0113. The Morgan fingerprint density at radius 3 is 2.68 bits per heavy atom. The number of hydrogen-bond donors (Lipinski definition) is 2. The third-order valence-corrected chi connectivity index (χ3v) is 5.47. The Morgan fingerprint density at radius 1 is 1.23 bits per heavy atom. The van der Waals surface area contributed by atoms with Gasteiger partial charge in [-0.3, -0.25) is 14.4 Å². The average Bonchev–Trinajstić information content (AvgIpc) is 3.49. The smallest absolute Gasteiger partial charge is 0.240 e.